The van der Waals surface area contributed by atoms with Gasteiger partial charge in [0.05, 0.1) is 21.6 Å². The third-order valence-corrected chi connectivity index (χ3v) is 4.84. The van der Waals surface area contributed by atoms with Gasteiger partial charge in [-0.3, -0.25) is 4.79 Å². The number of methoxy groups -OCH3 is 1. The Balaban J connectivity index is 2.07. The van der Waals surface area contributed by atoms with Crippen LogP contribution in [0.2, 0.25) is 0 Å². The molecule has 0 unspecified atom stereocenters. The van der Waals surface area contributed by atoms with Crippen LogP contribution in [-0.4, -0.2) is 24.5 Å². The van der Waals surface area contributed by atoms with E-state index in [2.05, 4.69) is 31.9 Å². The lowest BCUT2D eigenvalue weighted by molar-refractivity contribution is -0.136. The number of hydrogen-bond donors (Lipinski definition) is 0. The summed E-state index contributed by atoms with van der Waals surface area (Å²) >= 11 is 6.51. The van der Waals surface area contributed by atoms with Gasteiger partial charge < -0.3 is 9.47 Å². The van der Waals surface area contributed by atoms with E-state index in [1.54, 1.807) is 12.2 Å². The molecule has 1 spiro atoms. The molecule has 1 aromatic carbocycles. The van der Waals surface area contributed by atoms with Crippen molar-refractivity contribution in [2.24, 2.45) is 0 Å². The molecule has 1 aromatic rings. The quantitative estimate of drug-likeness (QED) is 0.656. The molecule has 0 saturated carbocycles. The van der Waals surface area contributed by atoms with E-state index in [0.29, 0.717) is 26.7 Å². The molecular formula is C17H12Br2O4. The van der Waals surface area contributed by atoms with Crippen LogP contribution in [0.4, 0.5) is 0 Å². The van der Waals surface area contributed by atoms with Crippen LogP contribution in [0.15, 0.2) is 57.0 Å². The van der Waals surface area contributed by atoms with Crippen LogP contribution < -0.4 is 0 Å². The van der Waals surface area contributed by atoms with Gasteiger partial charge in [-0.1, -0.05) is 30.3 Å². The summed E-state index contributed by atoms with van der Waals surface area (Å²) < 4.78 is 11.8. The van der Waals surface area contributed by atoms with Gasteiger partial charge in [0, 0.05) is 12.0 Å². The molecule has 6 heteroatoms. The smallest absolute Gasteiger partial charge is 0.337 e. The molecule has 0 bridgehead atoms. The van der Waals surface area contributed by atoms with Crippen molar-refractivity contribution in [2.45, 2.75) is 12.0 Å². The number of carbonyl (C=O) groups is 2. The molecule has 0 fully saturated rings. The first-order valence-electron chi connectivity index (χ1n) is 6.83. The zero-order chi connectivity index (χ0) is 16.6. The van der Waals surface area contributed by atoms with Crippen molar-refractivity contribution in [1.82, 2.24) is 0 Å². The van der Waals surface area contributed by atoms with Crippen molar-refractivity contribution < 1.29 is 19.1 Å². The van der Waals surface area contributed by atoms with Crippen LogP contribution in [-0.2, 0) is 19.1 Å². The molecule has 23 heavy (non-hydrogen) atoms. The molecule has 0 N–H and O–H groups in total. The van der Waals surface area contributed by atoms with Crippen LogP contribution in [0.5, 0.6) is 0 Å². The van der Waals surface area contributed by atoms with Gasteiger partial charge in [0.1, 0.15) is 5.76 Å². The first kappa shape index (κ1) is 16.2. The van der Waals surface area contributed by atoms with Gasteiger partial charge in [0.25, 0.3) is 0 Å². The van der Waals surface area contributed by atoms with Gasteiger partial charge in [-0.2, -0.15) is 0 Å². The topological polar surface area (TPSA) is 52.6 Å². The third-order valence-electron chi connectivity index (χ3n) is 3.66. The Labute approximate surface area is 150 Å². The lowest BCUT2D eigenvalue weighted by Gasteiger charge is -2.26. The molecule has 1 heterocycles. The number of ketones is 1. The second kappa shape index (κ2) is 6.09. The number of halogens is 2. The lowest BCUT2D eigenvalue weighted by atomic mass is 9.91. The maximum Gasteiger partial charge on any atom is 0.337 e. The van der Waals surface area contributed by atoms with Crippen molar-refractivity contribution in [3.63, 3.8) is 0 Å². The molecule has 4 nitrogen and oxygen atoms in total. The highest BCUT2D eigenvalue weighted by Crippen LogP contribution is 2.45. The van der Waals surface area contributed by atoms with Crippen LogP contribution in [0.25, 0.3) is 5.76 Å². The zero-order valence-corrected chi connectivity index (χ0v) is 15.3. The number of ether oxygens (including phenoxy) is 2. The van der Waals surface area contributed by atoms with E-state index < -0.39 is 11.6 Å². The normalized spacial score (nSPS) is 19.3. The minimum Gasteiger partial charge on any atom is -0.477 e. The molecule has 1 aliphatic heterocycles. The Kier molecular flexibility index (Phi) is 4.29. The first-order valence-corrected chi connectivity index (χ1v) is 8.42. The monoisotopic (exact) mass is 438 g/mol. The maximum absolute atomic E-state index is 12.2. The van der Waals surface area contributed by atoms with Gasteiger partial charge in [-0.15, -0.1) is 0 Å². The SMILES string of the molecule is COC(=O)C1=C(c2ccccc2)OC2(C=C(Br)C(=O)C(Br)=C2)C1. The molecule has 2 aliphatic rings. The molecule has 1 aliphatic carbocycles. The summed E-state index contributed by atoms with van der Waals surface area (Å²) in [5.41, 5.74) is 0.345. The van der Waals surface area contributed by atoms with Gasteiger partial charge in [-0.25, -0.2) is 4.79 Å². The van der Waals surface area contributed by atoms with Crippen molar-refractivity contribution in [3.05, 3.63) is 62.6 Å². The third kappa shape index (κ3) is 2.93. The fourth-order valence-electron chi connectivity index (χ4n) is 2.63. The molecule has 0 amide bonds. The van der Waals surface area contributed by atoms with Crippen molar-refractivity contribution in [3.8, 4) is 0 Å². The summed E-state index contributed by atoms with van der Waals surface area (Å²) in [6.45, 7) is 0. The lowest BCUT2D eigenvalue weighted by Crippen LogP contribution is -2.28. The van der Waals surface area contributed by atoms with E-state index in [0.717, 1.165) is 5.56 Å². The second-order valence-corrected chi connectivity index (χ2v) is 6.92. The Morgan fingerprint density at radius 2 is 1.78 bits per heavy atom. The fraction of sp³-hybridized carbons (Fsp3) is 0.176. The molecular weight excluding hydrogens is 428 g/mol. The number of allylic oxidation sites excluding steroid dienone is 2. The van der Waals surface area contributed by atoms with Gasteiger partial charge >= 0.3 is 5.97 Å². The van der Waals surface area contributed by atoms with Crippen molar-refractivity contribution in [1.29, 1.82) is 0 Å². The van der Waals surface area contributed by atoms with Crippen molar-refractivity contribution in [2.75, 3.05) is 7.11 Å². The van der Waals surface area contributed by atoms with Crippen LogP contribution >= 0.6 is 31.9 Å². The number of esters is 1. The average molecular weight is 440 g/mol. The minimum atomic E-state index is -0.889. The van der Waals surface area contributed by atoms with Gasteiger partial charge in [0.15, 0.2) is 5.60 Å². The Bertz CT molecular complexity index is 753. The maximum atomic E-state index is 12.2. The molecule has 0 atom stereocenters. The number of benzene rings is 1. The predicted molar refractivity (Wildman–Crippen MR) is 92.8 cm³/mol. The van der Waals surface area contributed by atoms with Crippen LogP contribution in [0, 0.1) is 0 Å². The number of Topliss-reactive ketones (excluding diaryl/α,β-unsaturated/α-hetero) is 1. The highest BCUT2D eigenvalue weighted by atomic mass is 79.9. The van der Waals surface area contributed by atoms with Crippen LogP contribution in [0.3, 0.4) is 0 Å². The molecule has 118 valence electrons. The Hall–Kier alpha value is -1.66. The van der Waals surface area contributed by atoms with Gasteiger partial charge in [0.2, 0.25) is 5.78 Å². The van der Waals surface area contributed by atoms with E-state index in [4.69, 9.17) is 9.47 Å². The number of rotatable bonds is 2. The molecule has 3 rings (SSSR count). The van der Waals surface area contributed by atoms with Gasteiger partial charge in [-0.05, 0) is 44.0 Å². The second-order valence-electron chi connectivity index (χ2n) is 5.21. The first-order chi connectivity index (χ1) is 11.0. The summed E-state index contributed by atoms with van der Waals surface area (Å²) in [6, 6.07) is 9.35. The summed E-state index contributed by atoms with van der Waals surface area (Å²) in [5.74, 6) is -0.126. The van der Waals surface area contributed by atoms with E-state index in [9.17, 15) is 9.59 Å². The number of hydrogen-bond acceptors (Lipinski definition) is 4. The Morgan fingerprint density at radius 1 is 1.17 bits per heavy atom. The highest BCUT2D eigenvalue weighted by Gasteiger charge is 2.44. The Morgan fingerprint density at radius 3 is 2.35 bits per heavy atom. The standard InChI is InChI=1S/C17H12Br2O4/c1-22-16(21)11-7-17(8-12(18)14(20)13(19)9-17)23-15(11)10-5-3-2-4-6-10/h2-6,8-9H,7H2,1H3. The van der Waals surface area contributed by atoms with E-state index in [-0.39, 0.29) is 5.78 Å². The predicted octanol–water partition coefficient (Wildman–Crippen LogP) is 3.87. The van der Waals surface area contributed by atoms with Crippen molar-refractivity contribution >= 4 is 49.4 Å². The van der Waals surface area contributed by atoms with E-state index in [1.165, 1.54) is 7.11 Å². The highest BCUT2D eigenvalue weighted by molar-refractivity contribution is 9.13. The zero-order valence-electron chi connectivity index (χ0n) is 12.1. The molecule has 0 radical (unpaired) electrons. The largest absolute Gasteiger partial charge is 0.477 e. The number of carbonyl (C=O) groups excluding carboxylic acids is 2. The summed E-state index contributed by atoms with van der Waals surface area (Å²) in [4.78, 5) is 24.1. The summed E-state index contributed by atoms with van der Waals surface area (Å²) in [6.07, 6.45) is 3.65. The molecule has 0 aromatic heterocycles. The minimum absolute atomic E-state index is 0.160. The van der Waals surface area contributed by atoms with E-state index in [1.807, 2.05) is 30.3 Å². The summed E-state index contributed by atoms with van der Waals surface area (Å²) in [7, 11) is 1.34. The average Bonchev–Trinajstić information content (AvgIpc) is 2.91. The van der Waals surface area contributed by atoms with Crippen LogP contribution in [0.1, 0.15) is 12.0 Å². The summed E-state index contributed by atoms with van der Waals surface area (Å²) in [5, 5.41) is 0. The fourth-order valence-corrected chi connectivity index (χ4v) is 4.10. The van der Waals surface area contributed by atoms with E-state index >= 15 is 0 Å². The molecule has 0 saturated heterocycles.